The van der Waals surface area contributed by atoms with E-state index in [9.17, 15) is 0 Å². The van der Waals surface area contributed by atoms with Crippen molar-refractivity contribution in [3.63, 3.8) is 0 Å². The van der Waals surface area contributed by atoms with Gasteiger partial charge in [0.2, 0.25) is 0 Å². The van der Waals surface area contributed by atoms with Crippen LogP contribution in [0.3, 0.4) is 0 Å². The molecule has 2 aromatic heterocycles. The minimum atomic E-state index is 0.370. The van der Waals surface area contributed by atoms with Crippen LogP contribution < -0.4 is 10.2 Å². The zero-order valence-electron chi connectivity index (χ0n) is 14.9. The zero-order valence-corrected chi connectivity index (χ0v) is 14.9. The van der Waals surface area contributed by atoms with E-state index in [2.05, 4.69) is 38.2 Å². The van der Waals surface area contributed by atoms with Crippen molar-refractivity contribution in [1.82, 2.24) is 15.0 Å². The molecule has 0 bridgehead atoms. The summed E-state index contributed by atoms with van der Waals surface area (Å²) in [6, 6.07) is 9.12. The number of benzene rings is 1. The predicted molar refractivity (Wildman–Crippen MR) is 99.1 cm³/mol. The lowest BCUT2D eigenvalue weighted by Crippen LogP contribution is -2.39. The standard InChI is InChI=1S/C19H23N5O/c1-12-4-5-17-16(10-12)23-19(25-17)22-15-6-8-24(9-7-15)18-11-13(2)20-14(3)21-18/h4-5,10-11,15H,6-9H2,1-3H3,(H,22,23). The zero-order chi connectivity index (χ0) is 17.4. The van der Waals surface area contributed by atoms with Gasteiger partial charge in [0.1, 0.15) is 17.2 Å². The maximum atomic E-state index is 5.81. The van der Waals surface area contributed by atoms with Gasteiger partial charge in [-0.2, -0.15) is 4.98 Å². The molecule has 0 unspecified atom stereocenters. The fraction of sp³-hybridized carbons (Fsp3) is 0.421. The second-order valence-electron chi connectivity index (χ2n) is 6.81. The van der Waals surface area contributed by atoms with Gasteiger partial charge in [-0.3, -0.25) is 0 Å². The van der Waals surface area contributed by atoms with Crippen molar-refractivity contribution in [2.75, 3.05) is 23.3 Å². The van der Waals surface area contributed by atoms with Crippen LogP contribution in [-0.4, -0.2) is 34.1 Å². The van der Waals surface area contributed by atoms with Crippen LogP contribution in [0.25, 0.3) is 11.1 Å². The lowest BCUT2D eigenvalue weighted by Gasteiger charge is -2.33. The van der Waals surface area contributed by atoms with Gasteiger partial charge < -0.3 is 14.6 Å². The topological polar surface area (TPSA) is 67.1 Å². The summed E-state index contributed by atoms with van der Waals surface area (Å²) in [6.07, 6.45) is 2.06. The molecule has 130 valence electrons. The van der Waals surface area contributed by atoms with Crippen molar-refractivity contribution in [3.8, 4) is 0 Å². The Balaban J connectivity index is 1.41. The van der Waals surface area contributed by atoms with Crippen molar-refractivity contribution >= 4 is 22.9 Å². The Kier molecular flexibility index (Phi) is 4.03. The second kappa shape index (κ2) is 6.35. The van der Waals surface area contributed by atoms with Crippen LogP contribution in [0.2, 0.25) is 0 Å². The lowest BCUT2D eigenvalue weighted by molar-refractivity contribution is 0.502. The van der Waals surface area contributed by atoms with E-state index >= 15 is 0 Å². The van der Waals surface area contributed by atoms with Crippen molar-refractivity contribution in [2.45, 2.75) is 39.7 Å². The summed E-state index contributed by atoms with van der Waals surface area (Å²) >= 11 is 0. The number of rotatable bonds is 3. The van der Waals surface area contributed by atoms with Gasteiger partial charge in [0.15, 0.2) is 5.58 Å². The van der Waals surface area contributed by atoms with Crippen molar-refractivity contribution in [3.05, 3.63) is 41.3 Å². The number of aromatic nitrogens is 3. The van der Waals surface area contributed by atoms with Gasteiger partial charge in [0.25, 0.3) is 6.01 Å². The Morgan fingerprint density at radius 3 is 2.60 bits per heavy atom. The van der Waals surface area contributed by atoms with Gasteiger partial charge in [0.05, 0.1) is 0 Å². The highest BCUT2D eigenvalue weighted by Gasteiger charge is 2.22. The van der Waals surface area contributed by atoms with Gasteiger partial charge in [0, 0.05) is 30.9 Å². The summed E-state index contributed by atoms with van der Waals surface area (Å²) in [5.74, 6) is 1.86. The van der Waals surface area contributed by atoms with Crippen LogP contribution >= 0.6 is 0 Å². The van der Waals surface area contributed by atoms with Crippen LogP contribution in [-0.2, 0) is 0 Å². The first-order valence-electron chi connectivity index (χ1n) is 8.78. The Bertz CT molecular complexity index is 876. The molecule has 4 rings (SSSR count). The van der Waals surface area contributed by atoms with E-state index in [1.165, 1.54) is 5.56 Å². The maximum absolute atomic E-state index is 5.81. The molecule has 0 radical (unpaired) electrons. The van der Waals surface area contributed by atoms with E-state index in [0.717, 1.165) is 54.4 Å². The minimum Gasteiger partial charge on any atom is -0.424 e. The number of fused-ring (bicyclic) bond motifs is 1. The molecule has 1 N–H and O–H groups in total. The predicted octanol–water partition coefficient (Wildman–Crippen LogP) is 3.62. The van der Waals surface area contributed by atoms with Gasteiger partial charge >= 0.3 is 0 Å². The van der Waals surface area contributed by atoms with E-state index in [0.29, 0.717) is 12.1 Å². The highest BCUT2D eigenvalue weighted by Crippen LogP contribution is 2.24. The van der Waals surface area contributed by atoms with Gasteiger partial charge in [-0.05, 0) is 51.3 Å². The average Bonchev–Trinajstić information content (AvgIpc) is 2.96. The molecule has 25 heavy (non-hydrogen) atoms. The molecule has 1 aromatic carbocycles. The Labute approximate surface area is 147 Å². The summed E-state index contributed by atoms with van der Waals surface area (Å²) in [5, 5.41) is 3.45. The van der Waals surface area contributed by atoms with Crippen molar-refractivity contribution in [1.29, 1.82) is 0 Å². The third kappa shape index (κ3) is 3.43. The third-order valence-corrected chi connectivity index (χ3v) is 4.64. The molecule has 6 nitrogen and oxygen atoms in total. The number of hydrogen-bond acceptors (Lipinski definition) is 6. The van der Waals surface area contributed by atoms with E-state index in [1.54, 1.807) is 0 Å². The summed E-state index contributed by atoms with van der Waals surface area (Å²) in [5.41, 5.74) is 3.95. The summed E-state index contributed by atoms with van der Waals surface area (Å²) in [7, 11) is 0. The lowest BCUT2D eigenvalue weighted by atomic mass is 10.1. The van der Waals surface area contributed by atoms with E-state index in [1.807, 2.05) is 32.0 Å². The smallest absolute Gasteiger partial charge is 0.295 e. The van der Waals surface area contributed by atoms with Crippen LogP contribution in [0.5, 0.6) is 0 Å². The van der Waals surface area contributed by atoms with Crippen LogP contribution in [0.1, 0.15) is 29.9 Å². The van der Waals surface area contributed by atoms with Gasteiger partial charge in [-0.1, -0.05) is 6.07 Å². The highest BCUT2D eigenvalue weighted by molar-refractivity contribution is 5.75. The van der Waals surface area contributed by atoms with Gasteiger partial charge in [-0.25, -0.2) is 9.97 Å². The molecule has 0 aliphatic carbocycles. The molecule has 1 saturated heterocycles. The van der Waals surface area contributed by atoms with Crippen LogP contribution in [0.4, 0.5) is 11.8 Å². The Hall–Kier alpha value is -2.63. The maximum Gasteiger partial charge on any atom is 0.295 e. The monoisotopic (exact) mass is 337 g/mol. The Morgan fingerprint density at radius 2 is 1.84 bits per heavy atom. The first-order chi connectivity index (χ1) is 12.1. The summed E-state index contributed by atoms with van der Waals surface area (Å²) in [4.78, 5) is 15.8. The molecule has 1 aliphatic heterocycles. The number of anilines is 2. The van der Waals surface area contributed by atoms with Crippen molar-refractivity contribution < 1.29 is 4.42 Å². The van der Waals surface area contributed by atoms with Crippen molar-refractivity contribution in [2.24, 2.45) is 0 Å². The molecule has 0 atom stereocenters. The third-order valence-electron chi connectivity index (χ3n) is 4.64. The summed E-state index contributed by atoms with van der Waals surface area (Å²) in [6.45, 7) is 7.95. The molecule has 0 saturated carbocycles. The number of hydrogen-bond donors (Lipinski definition) is 1. The highest BCUT2D eigenvalue weighted by atomic mass is 16.4. The first kappa shape index (κ1) is 15.9. The summed E-state index contributed by atoms with van der Waals surface area (Å²) < 4.78 is 5.81. The van der Waals surface area contributed by atoms with Gasteiger partial charge in [-0.15, -0.1) is 0 Å². The quantitative estimate of drug-likeness (QED) is 0.787. The molecule has 6 heteroatoms. The number of oxazole rings is 1. The molecular weight excluding hydrogens is 314 g/mol. The number of nitrogens with one attached hydrogen (secondary N) is 1. The van der Waals surface area contributed by atoms with Crippen LogP contribution in [0, 0.1) is 20.8 Å². The molecule has 1 fully saturated rings. The molecule has 0 amide bonds. The molecule has 0 spiro atoms. The van der Waals surface area contributed by atoms with Crippen LogP contribution in [0.15, 0.2) is 28.7 Å². The largest absolute Gasteiger partial charge is 0.424 e. The second-order valence-corrected chi connectivity index (χ2v) is 6.81. The molecule has 1 aliphatic rings. The molecule has 3 aromatic rings. The average molecular weight is 337 g/mol. The fourth-order valence-corrected chi connectivity index (χ4v) is 3.39. The number of aryl methyl sites for hydroxylation is 3. The normalized spacial score (nSPS) is 15.7. The fourth-order valence-electron chi connectivity index (χ4n) is 3.39. The van der Waals surface area contributed by atoms with E-state index < -0.39 is 0 Å². The van der Waals surface area contributed by atoms with E-state index in [-0.39, 0.29) is 0 Å². The Morgan fingerprint density at radius 1 is 1.04 bits per heavy atom. The minimum absolute atomic E-state index is 0.370. The molecule has 3 heterocycles. The first-order valence-corrected chi connectivity index (χ1v) is 8.78. The number of piperidine rings is 1. The van der Waals surface area contributed by atoms with E-state index in [4.69, 9.17) is 4.42 Å². The SMILES string of the molecule is Cc1ccc2oc(NC3CCN(c4cc(C)nc(C)n4)CC3)nc2c1. The number of nitrogens with zero attached hydrogens (tertiary/aromatic N) is 4. The molecular formula is C19H23N5O.